The van der Waals surface area contributed by atoms with Crippen LogP contribution in [0, 0.1) is 6.92 Å². The third-order valence-electron chi connectivity index (χ3n) is 3.69. The van der Waals surface area contributed by atoms with Gasteiger partial charge in [0.1, 0.15) is 17.5 Å². The van der Waals surface area contributed by atoms with Crippen LogP contribution >= 0.6 is 0 Å². The van der Waals surface area contributed by atoms with Gasteiger partial charge in [-0.1, -0.05) is 41.5 Å². The Morgan fingerprint density at radius 1 is 1.00 bits per heavy atom. The van der Waals surface area contributed by atoms with Crippen LogP contribution in [0.4, 0.5) is 11.6 Å². The topological polar surface area (TPSA) is 49.8 Å². The Bertz CT molecular complexity index is 445. The lowest BCUT2D eigenvalue weighted by Crippen LogP contribution is -2.23. The van der Waals surface area contributed by atoms with Crippen molar-refractivity contribution in [3.63, 3.8) is 0 Å². The van der Waals surface area contributed by atoms with E-state index in [-0.39, 0.29) is 5.41 Å². The van der Waals surface area contributed by atoms with Crippen LogP contribution < -0.4 is 10.6 Å². The van der Waals surface area contributed by atoms with Crippen LogP contribution in [0.25, 0.3) is 0 Å². The molecule has 0 spiro atoms. The van der Waals surface area contributed by atoms with Crippen LogP contribution in [0.3, 0.4) is 0 Å². The average molecular weight is 292 g/mol. The summed E-state index contributed by atoms with van der Waals surface area (Å²) in [7, 11) is 0. The van der Waals surface area contributed by atoms with Gasteiger partial charge < -0.3 is 10.6 Å². The lowest BCUT2D eigenvalue weighted by atomic mass is 9.95. The molecule has 0 saturated carbocycles. The fraction of sp³-hybridized carbons (Fsp3) is 0.765. The predicted molar refractivity (Wildman–Crippen MR) is 92.2 cm³/mol. The number of hydrogen-bond donors (Lipinski definition) is 2. The summed E-state index contributed by atoms with van der Waals surface area (Å²) in [6.07, 6.45) is 3.29. The molecule has 1 heterocycles. The first kappa shape index (κ1) is 17.7. The normalized spacial score (nSPS) is 11.8. The van der Waals surface area contributed by atoms with E-state index >= 15 is 0 Å². The zero-order valence-corrected chi connectivity index (χ0v) is 14.8. The molecule has 0 saturated heterocycles. The first-order chi connectivity index (χ1) is 9.83. The van der Waals surface area contributed by atoms with E-state index in [0.29, 0.717) is 6.04 Å². The van der Waals surface area contributed by atoms with Gasteiger partial charge in [-0.3, -0.25) is 0 Å². The summed E-state index contributed by atoms with van der Waals surface area (Å²) in [5.41, 5.74) is 1.06. The van der Waals surface area contributed by atoms with Gasteiger partial charge in [0.2, 0.25) is 0 Å². The van der Waals surface area contributed by atoms with Crippen molar-refractivity contribution in [2.75, 3.05) is 17.2 Å². The van der Waals surface area contributed by atoms with Gasteiger partial charge in [-0.05, 0) is 26.2 Å². The molecular formula is C17H32N4. The number of hydrogen-bond acceptors (Lipinski definition) is 4. The molecular weight excluding hydrogens is 260 g/mol. The van der Waals surface area contributed by atoms with Gasteiger partial charge in [0.05, 0.1) is 0 Å². The Kier molecular flexibility index (Phi) is 6.43. The van der Waals surface area contributed by atoms with Crippen LogP contribution in [-0.2, 0) is 5.41 Å². The standard InChI is InChI=1S/C17H32N4/c1-8-11-18-14-12(4)15(19-13(9-2)10-3)21-16(20-14)17(5,6)7/h13H,8-11H2,1-7H3,(H2,18,19,20,21). The van der Waals surface area contributed by atoms with Crippen LogP contribution in [0.2, 0.25) is 0 Å². The molecule has 0 bridgehead atoms. The molecule has 2 N–H and O–H groups in total. The Labute approximate surface area is 130 Å². The fourth-order valence-electron chi connectivity index (χ4n) is 2.09. The van der Waals surface area contributed by atoms with Gasteiger partial charge in [0.25, 0.3) is 0 Å². The summed E-state index contributed by atoms with van der Waals surface area (Å²) in [5, 5.41) is 7.02. The molecule has 0 aliphatic rings. The maximum atomic E-state index is 4.79. The maximum absolute atomic E-state index is 4.79. The van der Waals surface area contributed by atoms with Crippen LogP contribution in [-0.4, -0.2) is 22.6 Å². The molecule has 0 unspecified atom stereocenters. The minimum absolute atomic E-state index is 0.0549. The molecule has 4 nitrogen and oxygen atoms in total. The van der Waals surface area contributed by atoms with E-state index in [2.05, 4.69) is 59.1 Å². The van der Waals surface area contributed by atoms with Crippen molar-refractivity contribution in [3.05, 3.63) is 11.4 Å². The second-order valence-electron chi connectivity index (χ2n) is 6.70. The SMILES string of the molecule is CCCNc1nc(C(C)(C)C)nc(NC(CC)CC)c1C. The third kappa shape index (κ3) is 4.87. The second-order valence-corrected chi connectivity index (χ2v) is 6.70. The summed E-state index contributed by atoms with van der Waals surface area (Å²) in [6.45, 7) is 16.1. The van der Waals surface area contributed by atoms with E-state index in [1.54, 1.807) is 0 Å². The minimum Gasteiger partial charge on any atom is -0.370 e. The highest BCUT2D eigenvalue weighted by atomic mass is 15.1. The molecule has 0 amide bonds. The van der Waals surface area contributed by atoms with E-state index in [1.807, 2.05) is 0 Å². The number of nitrogens with one attached hydrogen (secondary N) is 2. The van der Waals surface area contributed by atoms with Crippen LogP contribution in [0.5, 0.6) is 0 Å². The smallest absolute Gasteiger partial charge is 0.138 e. The summed E-state index contributed by atoms with van der Waals surface area (Å²) in [5.74, 6) is 2.83. The highest BCUT2D eigenvalue weighted by Gasteiger charge is 2.21. The van der Waals surface area contributed by atoms with Crippen molar-refractivity contribution >= 4 is 11.6 Å². The third-order valence-corrected chi connectivity index (χ3v) is 3.69. The Hall–Kier alpha value is -1.32. The van der Waals surface area contributed by atoms with E-state index in [1.165, 1.54) is 0 Å². The first-order valence-corrected chi connectivity index (χ1v) is 8.22. The first-order valence-electron chi connectivity index (χ1n) is 8.22. The van der Waals surface area contributed by atoms with Gasteiger partial charge in [-0.25, -0.2) is 9.97 Å². The monoisotopic (exact) mass is 292 g/mol. The fourth-order valence-corrected chi connectivity index (χ4v) is 2.09. The van der Waals surface area contributed by atoms with Gasteiger partial charge in [0.15, 0.2) is 0 Å². The van der Waals surface area contributed by atoms with E-state index < -0.39 is 0 Å². The Morgan fingerprint density at radius 3 is 2.05 bits per heavy atom. The second kappa shape index (κ2) is 7.62. The molecule has 0 fully saturated rings. The molecule has 120 valence electrons. The van der Waals surface area contributed by atoms with Crippen molar-refractivity contribution in [2.24, 2.45) is 0 Å². The number of rotatable bonds is 7. The molecule has 0 atom stereocenters. The molecule has 1 rings (SSSR count). The summed E-state index contributed by atoms with van der Waals surface area (Å²) in [6, 6.07) is 0.463. The molecule has 4 heteroatoms. The van der Waals surface area contributed by atoms with Crippen molar-refractivity contribution in [1.82, 2.24) is 9.97 Å². The Balaban J connectivity index is 3.20. The average Bonchev–Trinajstić information content (AvgIpc) is 2.43. The molecule has 0 aliphatic carbocycles. The minimum atomic E-state index is -0.0549. The highest BCUT2D eigenvalue weighted by molar-refractivity contribution is 5.58. The molecule has 1 aromatic heterocycles. The van der Waals surface area contributed by atoms with E-state index in [4.69, 9.17) is 9.97 Å². The van der Waals surface area contributed by atoms with Crippen molar-refractivity contribution in [1.29, 1.82) is 0 Å². The van der Waals surface area contributed by atoms with Crippen molar-refractivity contribution < 1.29 is 0 Å². The Morgan fingerprint density at radius 2 is 1.57 bits per heavy atom. The predicted octanol–water partition coefficient (Wildman–Crippen LogP) is 4.50. The molecule has 0 aliphatic heterocycles. The highest BCUT2D eigenvalue weighted by Crippen LogP contribution is 2.27. The zero-order valence-electron chi connectivity index (χ0n) is 14.8. The van der Waals surface area contributed by atoms with Gasteiger partial charge in [-0.2, -0.15) is 0 Å². The van der Waals surface area contributed by atoms with E-state index in [0.717, 1.165) is 48.8 Å². The van der Waals surface area contributed by atoms with E-state index in [9.17, 15) is 0 Å². The quantitative estimate of drug-likeness (QED) is 0.776. The van der Waals surface area contributed by atoms with Crippen LogP contribution in [0.15, 0.2) is 0 Å². The summed E-state index contributed by atoms with van der Waals surface area (Å²) < 4.78 is 0. The van der Waals surface area contributed by atoms with Gasteiger partial charge in [0, 0.05) is 23.6 Å². The van der Waals surface area contributed by atoms with Gasteiger partial charge in [-0.15, -0.1) is 0 Å². The lowest BCUT2D eigenvalue weighted by molar-refractivity contribution is 0.544. The summed E-state index contributed by atoms with van der Waals surface area (Å²) in [4.78, 5) is 9.52. The zero-order chi connectivity index (χ0) is 16.0. The molecule has 0 radical (unpaired) electrons. The molecule has 1 aromatic rings. The molecule has 0 aromatic carbocycles. The lowest BCUT2D eigenvalue weighted by Gasteiger charge is -2.23. The molecule has 21 heavy (non-hydrogen) atoms. The van der Waals surface area contributed by atoms with Crippen molar-refractivity contribution in [3.8, 4) is 0 Å². The summed E-state index contributed by atoms with van der Waals surface area (Å²) >= 11 is 0. The maximum Gasteiger partial charge on any atom is 0.138 e. The van der Waals surface area contributed by atoms with Gasteiger partial charge >= 0.3 is 0 Å². The number of aromatic nitrogens is 2. The number of nitrogens with zero attached hydrogens (tertiary/aromatic N) is 2. The largest absolute Gasteiger partial charge is 0.370 e. The van der Waals surface area contributed by atoms with Crippen LogP contribution in [0.1, 0.15) is 72.2 Å². The van der Waals surface area contributed by atoms with Crippen molar-refractivity contribution in [2.45, 2.75) is 79.2 Å². The number of anilines is 2.